The molecule has 3 aromatic rings. The van der Waals surface area contributed by atoms with Crippen LogP contribution >= 0.6 is 0 Å². The minimum Gasteiger partial charge on any atom is -0.325 e. The summed E-state index contributed by atoms with van der Waals surface area (Å²) in [5, 5.41) is 5.18. The molecule has 0 heterocycles. The monoisotopic (exact) mass is 442 g/mol. The number of halogens is 4. The third-order valence-corrected chi connectivity index (χ3v) is 5.44. The van der Waals surface area contributed by atoms with E-state index < -0.39 is 47.6 Å². The summed E-state index contributed by atoms with van der Waals surface area (Å²) < 4.78 is 54.1. The van der Waals surface area contributed by atoms with Crippen molar-refractivity contribution in [1.29, 1.82) is 0 Å². The molecule has 0 aliphatic heterocycles. The lowest BCUT2D eigenvalue weighted by molar-refractivity contribution is -0.154. The smallest absolute Gasteiger partial charge is 0.255 e. The molecular weight excluding hydrogens is 424 g/mol. The second kappa shape index (κ2) is 8.11. The van der Waals surface area contributed by atoms with Gasteiger partial charge in [-0.1, -0.05) is 18.2 Å². The number of alkyl halides is 2. The predicted octanol–water partition coefficient (Wildman–Crippen LogP) is 5.52. The van der Waals surface area contributed by atoms with Gasteiger partial charge in [-0.15, -0.1) is 0 Å². The number of nitrogens with one attached hydrogen (secondary N) is 2. The number of rotatable bonds is 5. The molecule has 3 aromatic carbocycles. The molecule has 0 atom stereocenters. The predicted molar refractivity (Wildman–Crippen MR) is 112 cm³/mol. The summed E-state index contributed by atoms with van der Waals surface area (Å²) >= 11 is 0. The van der Waals surface area contributed by atoms with Crippen LogP contribution in [-0.2, 0) is 10.2 Å². The van der Waals surface area contributed by atoms with Gasteiger partial charge in [0, 0.05) is 29.8 Å². The number of carbonyl (C=O) groups is 2. The maximum absolute atomic E-state index is 13.8. The van der Waals surface area contributed by atoms with Gasteiger partial charge in [-0.3, -0.25) is 9.59 Å². The van der Waals surface area contributed by atoms with Crippen LogP contribution in [0.5, 0.6) is 0 Å². The number of hydrogen-bond donors (Lipinski definition) is 2. The van der Waals surface area contributed by atoms with Gasteiger partial charge in [-0.2, -0.15) is 0 Å². The number of carbonyl (C=O) groups excluding carboxylic acids is 2. The summed E-state index contributed by atoms with van der Waals surface area (Å²) in [4.78, 5) is 25.2. The zero-order valence-corrected chi connectivity index (χ0v) is 16.7. The molecule has 164 valence electrons. The fourth-order valence-electron chi connectivity index (χ4n) is 3.82. The Bertz CT molecular complexity index is 1150. The lowest BCUT2D eigenvalue weighted by Crippen LogP contribution is -2.56. The minimum atomic E-state index is -2.98. The summed E-state index contributed by atoms with van der Waals surface area (Å²) in [6.07, 6.45) is -1.33. The zero-order chi connectivity index (χ0) is 22.9. The van der Waals surface area contributed by atoms with E-state index in [2.05, 4.69) is 10.6 Å². The van der Waals surface area contributed by atoms with Crippen LogP contribution in [-0.4, -0.2) is 17.7 Å². The van der Waals surface area contributed by atoms with E-state index in [1.165, 1.54) is 54.6 Å². The van der Waals surface area contributed by atoms with Gasteiger partial charge >= 0.3 is 0 Å². The highest BCUT2D eigenvalue weighted by molar-refractivity contribution is 6.04. The Hall–Kier alpha value is -3.68. The van der Waals surface area contributed by atoms with Crippen molar-refractivity contribution in [3.63, 3.8) is 0 Å². The van der Waals surface area contributed by atoms with Crippen molar-refractivity contribution in [3.8, 4) is 0 Å². The van der Waals surface area contributed by atoms with Gasteiger partial charge < -0.3 is 10.6 Å². The van der Waals surface area contributed by atoms with Gasteiger partial charge in [0.25, 0.3) is 11.8 Å². The Labute approximate surface area is 181 Å². The first-order valence-electron chi connectivity index (χ1n) is 9.79. The van der Waals surface area contributed by atoms with Crippen molar-refractivity contribution in [2.75, 3.05) is 10.6 Å². The van der Waals surface area contributed by atoms with Crippen LogP contribution in [0.2, 0.25) is 0 Å². The van der Waals surface area contributed by atoms with Crippen LogP contribution in [0, 0.1) is 11.6 Å². The average Bonchev–Trinajstić information content (AvgIpc) is 2.74. The zero-order valence-electron chi connectivity index (χ0n) is 16.7. The largest absolute Gasteiger partial charge is 0.325 e. The molecule has 4 nitrogen and oxygen atoms in total. The maximum Gasteiger partial charge on any atom is 0.255 e. The first kappa shape index (κ1) is 21.5. The summed E-state index contributed by atoms with van der Waals surface area (Å²) in [6.45, 7) is 0. The second-order valence-corrected chi connectivity index (χ2v) is 7.79. The fourth-order valence-corrected chi connectivity index (χ4v) is 3.82. The van der Waals surface area contributed by atoms with Crippen LogP contribution in [0.25, 0.3) is 0 Å². The van der Waals surface area contributed by atoms with E-state index in [0.717, 1.165) is 18.2 Å². The van der Waals surface area contributed by atoms with Crippen molar-refractivity contribution in [2.45, 2.75) is 24.2 Å². The van der Waals surface area contributed by atoms with Crippen LogP contribution in [0.1, 0.15) is 28.8 Å². The number of hydrogen-bond acceptors (Lipinski definition) is 2. The molecule has 0 unspecified atom stereocenters. The first-order valence-corrected chi connectivity index (χ1v) is 9.79. The molecule has 8 heteroatoms. The van der Waals surface area contributed by atoms with Gasteiger partial charge in [-0.25, -0.2) is 17.6 Å². The standard InChI is InChI=1S/C24H18F4N2O2/c25-17-6-10-20(11-7-17)30-22(32)23(13-24(27,28)14-23)16-4-8-19(9-5-16)29-21(31)15-2-1-3-18(26)12-15/h1-12H,13-14H2,(H,29,31)(H,30,32). The highest BCUT2D eigenvalue weighted by atomic mass is 19.3. The van der Waals surface area contributed by atoms with E-state index in [-0.39, 0.29) is 5.56 Å². The molecule has 2 amide bonds. The van der Waals surface area contributed by atoms with E-state index >= 15 is 0 Å². The quantitative estimate of drug-likeness (QED) is 0.511. The molecule has 0 bridgehead atoms. The molecule has 0 saturated heterocycles. The second-order valence-electron chi connectivity index (χ2n) is 7.79. The first-order chi connectivity index (χ1) is 15.2. The SMILES string of the molecule is O=C(Nc1ccc(C2(C(=O)Nc3ccc(F)cc3)CC(F)(F)C2)cc1)c1cccc(F)c1. The maximum atomic E-state index is 13.8. The van der Waals surface area contributed by atoms with E-state index in [1.54, 1.807) is 0 Å². The lowest BCUT2D eigenvalue weighted by Gasteiger charge is -2.46. The molecular formula is C24H18F4N2O2. The number of anilines is 2. The van der Waals surface area contributed by atoms with Crippen molar-refractivity contribution in [2.24, 2.45) is 0 Å². The van der Waals surface area contributed by atoms with Crippen LogP contribution in [0.4, 0.5) is 28.9 Å². The summed E-state index contributed by atoms with van der Waals surface area (Å²) in [5.74, 6) is -5.16. The highest BCUT2D eigenvalue weighted by Crippen LogP contribution is 2.54. The van der Waals surface area contributed by atoms with E-state index in [0.29, 0.717) is 16.9 Å². The summed E-state index contributed by atoms with van der Waals surface area (Å²) in [5.41, 5.74) is -0.300. The third-order valence-electron chi connectivity index (χ3n) is 5.44. The van der Waals surface area contributed by atoms with Crippen molar-refractivity contribution < 1.29 is 27.2 Å². The third kappa shape index (κ3) is 4.34. The van der Waals surface area contributed by atoms with E-state index in [9.17, 15) is 27.2 Å². The lowest BCUT2D eigenvalue weighted by atomic mass is 9.61. The molecule has 4 rings (SSSR count). The Morgan fingerprint density at radius 2 is 1.34 bits per heavy atom. The summed E-state index contributed by atoms with van der Waals surface area (Å²) in [6, 6.07) is 16.2. The van der Waals surface area contributed by atoms with Gasteiger partial charge in [0.2, 0.25) is 5.91 Å². The van der Waals surface area contributed by atoms with Crippen LogP contribution in [0.15, 0.2) is 72.8 Å². The Morgan fingerprint density at radius 1 is 0.750 bits per heavy atom. The average molecular weight is 442 g/mol. The van der Waals surface area contributed by atoms with Gasteiger partial charge in [0.05, 0.1) is 5.41 Å². The number of benzene rings is 3. The summed E-state index contributed by atoms with van der Waals surface area (Å²) in [7, 11) is 0. The molecule has 1 aliphatic rings. The molecule has 1 saturated carbocycles. The Balaban J connectivity index is 1.53. The van der Waals surface area contributed by atoms with E-state index in [1.807, 2.05) is 0 Å². The molecule has 2 N–H and O–H groups in total. The van der Waals surface area contributed by atoms with Crippen LogP contribution < -0.4 is 10.6 Å². The molecule has 1 aliphatic carbocycles. The van der Waals surface area contributed by atoms with Gasteiger partial charge in [-0.05, 0) is 60.2 Å². The normalized spacial score (nSPS) is 16.0. The van der Waals surface area contributed by atoms with Crippen molar-refractivity contribution >= 4 is 23.2 Å². The van der Waals surface area contributed by atoms with Crippen molar-refractivity contribution in [1.82, 2.24) is 0 Å². The molecule has 1 fully saturated rings. The molecule has 0 radical (unpaired) electrons. The van der Waals surface area contributed by atoms with Crippen LogP contribution in [0.3, 0.4) is 0 Å². The topological polar surface area (TPSA) is 58.2 Å². The van der Waals surface area contributed by atoms with Crippen molar-refractivity contribution in [3.05, 3.63) is 95.6 Å². The molecule has 0 spiro atoms. The number of amides is 2. The van der Waals surface area contributed by atoms with E-state index in [4.69, 9.17) is 0 Å². The molecule has 0 aromatic heterocycles. The molecule has 32 heavy (non-hydrogen) atoms. The Morgan fingerprint density at radius 3 is 1.94 bits per heavy atom. The minimum absolute atomic E-state index is 0.128. The highest BCUT2D eigenvalue weighted by Gasteiger charge is 2.61. The van der Waals surface area contributed by atoms with Gasteiger partial charge in [0.15, 0.2) is 0 Å². The van der Waals surface area contributed by atoms with Gasteiger partial charge in [0.1, 0.15) is 11.6 Å². The fraction of sp³-hybridized carbons (Fsp3) is 0.167. The Kier molecular flexibility index (Phi) is 5.46.